The van der Waals surface area contributed by atoms with Crippen molar-refractivity contribution < 1.29 is 9.18 Å². The van der Waals surface area contributed by atoms with Crippen LogP contribution in [0.15, 0.2) is 18.2 Å². The molecule has 21 heavy (non-hydrogen) atoms. The van der Waals surface area contributed by atoms with Crippen molar-refractivity contribution in [3.05, 3.63) is 29.6 Å². The SMILES string of the molecule is CCCNCc1c(F)cccc1N(C)CC(=O)NCCC. The molecule has 0 saturated heterocycles. The summed E-state index contributed by atoms with van der Waals surface area (Å²) < 4.78 is 14.0. The van der Waals surface area contributed by atoms with E-state index in [9.17, 15) is 9.18 Å². The summed E-state index contributed by atoms with van der Waals surface area (Å²) in [7, 11) is 1.81. The summed E-state index contributed by atoms with van der Waals surface area (Å²) in [6, 6.07) is 4.98. The molecule has 0 unspecified atom stereocenters. The molecule has 0 bridgehead atoms. The zero-order chi connectivity index (χ0) is 15.7. The molecule has 0 radical (unpaired) electrons. The van der Waals surface area contributed by atoms with E-state index in [1.165, 1.54) is 6.07 Å². The van der Waals surface area contributed by atoms with Gasteiger partial charge in [-0.2, -0.15) is 0 Å². The van der Waals surface area contributed by atoms with Crippen LogP contribution in [-0.4, -0.2) is 32.6 Å². The minimum absolute atomic E-state index is 0.0453. The third-order valence-electron chi connectivity index (χ3n) is 3.19. The van der Waals surface area contributed by atoms with Gasteiger partial charge in [0.1, 0.15) is 5.82 Å². The van der Waals surface area contributed by atoms with Crippen molar-refractivity contribution in [2.24, 2.45) is 0 Å². The molecule has 1 rings (SSSR count). The van der Waals surface area contributed by atoms with Gasteiger partial charge in [0, 0.05) is 31.4 Å². The first-order valence-corrected chi connectivity index (χ1v) is 7.56. The topological polar surface area (TPSA) is 44.4 Å². The summed E-state index contributed by atoms with van der Waals surface area (Å²) in [6.07, 6.45) is 1.90. The third kappa shape index (κ3) is 5.71. The first kappa shape index (κ1) is 17.4. The standard InChI is InChI=1S/C16H26FN3O/c1-4-9-18-11-13-14(17)7-6-8-15(13)20(3)12-16(21)19-10-5-2/h6-8,18H,4-5,9-12H2,1-3H3,(H,19,21). The lowest BCUT2D eigenvalue weighted by Crippen LogP contribution is -2.36. The van der Waals surface area contributed by atoms with Gasteiger partial charge in [-0.25, -0.2) is 4.39 Å². The fourth-order valence-corrected chi connectivity index (χ4v) is 2.09. The molecule has 0 aliphatic heterocycles. The van der Waals surface area contributed by atoms with Crippen LogP contribution in [0, 0.1) is 5.82 Å². The number of hydrogen-bond acceptors (Lipinski definition) is 3. The van der Waals surface area contributed by atoms with Gasteiger partial charge in [0.2, 0.25) is 5.91 Å². The fraction of sp³-hybridized carbons (Fsp3) is 0.562. The normalized spacial score (nSPS) is 10.5. The molecule has 1 aromatic rings. The molecule has 1 aromatic carbocycles. The van der Waals surface area contributed by atoms with E-state index in [2.05, 4.69) is 17.6 Å². The molecular formula is C16H26FN3O. The van der Waals surface area contributed by atoms with Gasteiger partial charge in [-0.15, -0.1) is 0 Å². The van der Waals surface area contributed by atoms with E-state index >= 15 is 0 Å². The second-order valence-electron chi connectivity index (χ2n) is 5.12. The molecule has 1 amide bonds. The number of anilines is 1. The van der Waals surface area contributed by atoms with Crippen molar-refractivity contribution in [2.75, 3.05) is 31.6 Å². The summed E-state index contributed by atoms with van der Waals surface area (Å²) in [5.41, 5.74) is 1.36. The van der Waals surface area contributed by atoms with Crippen molar-refractivity contribution in [3.63, 3.8) is 0 Å². The monoisotopic (exact) mass is 295 g/mol. The van der Waals surface area contributed by atoms with Gasteiger partial charge in [-0.3, -0.25) is 4.79 Å². The molecule has 5 heteroatoms. The lowest BCUT2D eigenvalue weighted by Gasteiger charge is -2.22. The average Bonchev–Trinajstić information content (AvgIpc) is 2.46. The van der Waals surface area contributed by atoms with E-state index < -0.39 is 0 Å². The van der Waals surface area contributed by atoms with Crippen LogP contribution >= 0.6 is 0 Å². The lowest BCUT2D eigenvalue weighted by atomic mass is 10.1. The number of hydrogen-bond donors (Lipinski definition) is 2. The van der Waals surface area contributed by atoms with E-state index in [0.717, 1.165) is 25.1 Å². The maximum Gasteiger partial charge on any atom is 0.239 e. The molecule has 0 heterocycles. The van der Waals surface area contributed by atoms with Crippen molar-refractivity contribution in [3.8, 4) is 0 Å². The Kier molecular flexibility index (Phi) is 7.75. The second kappa shape index (κ2) is 9.34. The summed E-state index contributed by atoms with van der Waals surface area (Å²) in [4.78, 5) is 13.6. The van der Waals surface area contributed by atoms with Crippen LogP contribution in [0.25, 0.3) is 0 Å². The van der Waals surface area contributed by atoms with Crippen LogP contribution in [0.5, 0.6) is 0 Å². The number of nitrogens with one attached hydrogen (secondary N) is 2. The lowest BCUT2D eigenvalue weighted by molar-refractivity contribution is -0.119. The van der Waals surface area contributed by atoms with Gasteiger partial charge in [0.05, 0.1) is 6.54 Å². The Balaban J connectivity index is 2.75. The first-order chi connectivity index (χ1) is 10.1. The minimum atomic E-state index is -0.239. The number of carbonyl (C=O) groups excluding carboxylic acids is 1. The Hall–Kier alpha value is -1.62. The molecule has 0 atom stereocenters. The van der Waals surface area contributed by atoms with E-state index in [0.29, 0.717) is 18.7 Å². The van der Waals surface area contributed by atoms with Crippen molar-refractivity contribution in [1.82, 2.24) is 10.6 Å². The highest BCUT2D eigenvalue weighted by Crippen LogP contribution is 2.22. The summed E-state index contributed by atoms with van der Waals surface area (Å²) in [5, 5.41) is 6.04. The van der Waals surface area contributed by atoms with Gasteiger partial charge in [0.25, 0.3) is 0 Å². The van der Waals surface area contributed by atoms with Crippen LogP contribution in [-0.2, 0) is 11.3 Å². The number of halogens is 1. The summed E-state index contributed by atoms with van der Waals surface area (Å²) >= 11 is 0. The van der Waals surface area contributed by atoms with Gasteiger partial charge in [-0.1, -0.05) is 19.9 Å². The smallest absolute Gasteiger partial charge is 0.239 e. The summed E-state index contributed by atoms with van der Waals surface area (Å²) in [5.74, 6) is -0.284. The van der Waals surface area contributed by atoms with Gasteiger partial charge < -0.3 is 15.5 Å². The molecule has 0 aromatic heterocycles. The molecule has 0 aliphatic carbocycles. The van der Waals surface area contributed by atoms with E-state index in [1.54, 1.807) is 11.0 Å². The van der Waals surface area contributed by atoms with E-state index in [4.69, 9.17) is 0 Å². The van der Waals surface area contributed by atoms with Crippen LogP contribution in [0.4, 0.5) is 10.1 Å². The molecular weight excluding hydrogens is 269 g/mol. The third-order valence-corrected chi connectivity index (χ3v) is 3.19. The minimum Gasteiger partial charge on any atom is -0.365 e. The van der Waals surface area contributed by atoms with Crippen LogP contribution in [0.2, 0.25) is 0 Å². The number of rotatable bonds is 9. The fourth-order valence-electron chi connectivity index (χ4n) is 2.09. The molecule has 118 valence electrons. The predicted octanol–water partition coefficient (Wildman–Crippen LogP) is 2.29. The Morgan fingerprint density at radius 3 is 2.62 bits per heavy atom. The molecule has 2 N–H and O–H groups in total. The quantitative estimate of drug-likeness (QED) is 0.687. The van der Waals surface area contributed by atoms with Crippen molar-refractivity contribution in [2.45, 2.75) is 33.2 Å². The number of nitrogens with zero attached hydrogens (tertiary/aromatic N) is 1. The van der Waals surface area contributed by atoms with Crippen LogP contribution in [0.3, 0.4) is 0 Å². The number of carbonyl (C=O) groups is 1. The summed E-state index contributed by atoms with van der Waals surface area (Å²) in [6.45, 7) is 6.28. The molecule has 0 fully saturated rings. The predicted molar refractivity (Wildman–Crippen MR) is 85.0 cm³/mol. The zero-order valence-corrected chi connectivity index (χ0v) is 13.2. The number of amides is 1. The van der Waals surface area contributed by atoms with Crippen LogP contribution in [0.1, 0.15) is 32.3 Å². The van der Waals surface area contributed by atoms with Crippen LogP contribution < -0.4 is 15.5 Å². The highest BCUT2D eigenvalue weighted by atomic mass is 19.1. The highest BCUT2D eigenvalue weighted by Gasteiger charge is 2.14. The molecule has 0 aliphatic rings. The van der Waals surface area contributed by atoms with Gasteiger partial charge in [0.15, 0.2) is 0 Å². The second-order valence-corrected chi connectivity index (χ2v) is 5.12. The van der Waals surface area contributed by atoms with E-state index in [1.807, 2.05) is 20.0 Å². The van der Waals surface area contributed by atoms with E-state index in [-0.39, 0.29) is 18.3 Å². The Morgan fingerprint density at radius 1 is 1.24 bits per heavy atom. The molecule has 0 saturated carbocycles. The van der Waals surface area contributed by atoms with Crippen molar-refractivity contribution in [1.29, 1.82) is 0 Å². The van der Waals surface area contributed by atoms with Crippen molar-refractivity contribution >= 4 is 11.6 Å². The van der Waals surface area contributed by atoms with Gasteiger partial charge in [-0.05, 0) is 31.5 Å². The Morgan fingerprint density at radius 2 is 1.95 bits per heavy atom. The first-order valence-electron chi connectivity index (χ1n) is 7.56. The molecule has 0 spiro atoms. The zero-order valence-electron chi connectivity index (χ0n) is 13.2. The average molecular weight is 295 g/mol. The van der Waals surface area contributed by atoms with Gasteiger partial charge >= 0.3 is 0 Å². The highest BCUT2D eigenvalue weighted by molar-refractivity contribution is 5.81. The Bertz CT molecular complexity index is 451. The maximum atomic E-state index is 14.0. The number of likely N-dealkylation sites (N-methyl/N-ethyl adjacent to an activating group) is 1. The Labute approximate surface area is 126 Å². The maximum absolute atomic E-state index is 14.0. The number of benzene rings is 1. The molecule has 4 nitrogen and oxygen atoms in total. The largest absolute Gasteiger partial charge is 0.365 e.